The molecule has 4 nitrogen and oxygen atoms in total. The molecule has 0 aliphatic carbocycles. The normalized spacial score (nSPS) is 12.3. The summed E-state index contributed by atoms with van der Waals surface area (Å²) in [5.74, 6) is 0.586. The molecule has 0 fully saturated rings. The summed E-state index contributed by atoms with van der Waals surface area (Å²) in [5, 5.41) is 6.39. The van der Waals surface area contributed by atoms with Crippen LogP contribution < -0.4 is 10.6 Å². The summed E-state index contributed by atoms with van der Waals surface area (Å²) in [6.07, 6.45) is 1.54. The maximum absolute atomic E-state index is 11.6. The molecule has 1 rings (SSSR count). The minimum absolute atomic E-state index is 0.0493. The highest BCUT2D eigenvalue weighted by Gasteiger charge is 2.13. The lowest BCUT2D eigenvalue weighted by Gasteiger charge is -2.16. The van der Waals surface area contributed by atoms with E-state index in [2.05, 4.69) is 15.6 Å². The van der Waals surface area contributed by atoms with Gasteiger partial charge in [0.2, 0.25) is 5.91 Å². The zero-order valence-electron chi connectivity index (χ0n) is 9.62. The van der Waals surface area contributed by atoms with Gasteiger partial charge in [0.15, 0.2) is 0 Å². The summed E-state index contributed by atoms with van der Waals surface area (Å²) in [5.41, 5.74) is 0. The lowest BCUT2D eigenvalue weighted by atomic mass is 10.3. The number of nitrogens with one attached hydrogen (secondary N) is 2. The fraction of sp³-hybridized carbons (Fsp3) is 0.455. The fourth-order valence-corrected chi connectivity index (χ4v) is 1.27. The Balaban J connectivity index is 2.53. The first-order chi connectivity index (χ1) is 7.49. The smallest absolute Gasteiger partial charge is 0.242 e. The van der Waals surface area contributed by atoms with Crippen LogP contribution >= 0.6 is 11.6 Å². The van der Waals surface area contributed by atoms with Crippen LogP contribution in [0.3, 0.4) is 0 Å². The van der Waals surface area contributed by atoms with E-state index in [1.807, 2.05) is 13.8 Å². The lowest BCUT2D eigenvalue weighted by Crippen LogP contribution is -2.41. The molecule has 0 bridgehead atoms. The quantitative estimate of drug-likeness (QED) is 0.849. The predicted molar refractivity (Wildman–Crippen MR) is 65.6 cm³/mol. The molecule has 1 atom stereocenters. The van der Waals surface area contributed by atoms with Crippen molar-refractivity contribution in [2.75, 3.05) is 5.32 Å². The van der Waals surface area contributed by atoms with E-state index in [1.165, 1.54) is 6.20 Å². The highest BCUT2D eigenvalue weighted by molar-refractivity contribution is 6.30. The first-order valence-corrected chi connectivity index (χ1v) is 5.55. The third-order valence-corrected chi connectivity index (χ3v) is 2.14. The first kappa shape index (κ1) is 12.8. The Hall–Kier alpha value is -1.29. The number of nitrogens with zero attached hydrogens (tertiary/aromatic N) is 1. The second-order valence-corrected chi connectivity index (χ2v) is 4.33. The molecule has 0 aliphatic heterocycles. The van der Waals surface area contributed by atoms with Crippen molar-refractivity contribution in [2.24, 2.45) is 0 Å². The molecule has 0 aliphatic rings. The van der Waals surface area contributed by atoms with Crippen molar-refractivity contribution in [1.29, 1.82) is 0 Å². The van der Waals surface area contributed by atoms with Gasteiger partial charge in [-0.25, -0.2) is 4.98 Å². The molecule has 5 heteroatoms. The van der Waals surface area contributed by atoms with E-state index >= 15 is 0 Å². The molecule has 1 aromatic heterocycles. The molecule has 2 N–H and O–H groups in total. The Bertz CT molecular complexity index is 351. The second-order valence-electron chi connectivity index (χ2n) is 3.89. The third kappa shape index (κ3) is 4.06. The van der Waals surface area contributed by atoms with Crippen molar-refractivity contribution >= 4 is 23.3 Å². The Labute approximate surface area is 100 Å². The van der Waals surface area contributed by atoms with Crippen LogP contribution in [-0.2, 0) is 4.79 Å². The van der Waals surface area contributed by atoms with Crippen molar-refractivity contribution in [3.63, 3.8) is 0 Å². The topological polar surface area (TPSA) is 54.0 Å². The lowest BCUT2D eigenvalue weighted by molar-refractivity contribution is -0.122. The van der Waals surface area contributed by atoms with Crippen LogP contribution in [0.5, 0.6) is 0 Å². The van der Waals surface area contributed by atoms with Gasteiger partial charge in [0.25, 0.3) is 0 Å². The van der Waals surface area contributed by atoms with Gasteiger partial charge in [-0.2, -0.15) is 0 Å². The number of hydrogen-bond donors (Lipinski definition) is 2. The molecule has 1 amide bonds. The summed E-state index contributed by atoms with van der Waals surface area (Å²) in [6.45, 7) is 5.63. The number of aromatic nitrogens is 1. The number of pyridine rings is 1. The highest BCUT2D eigenvalue weighted by atomic mass is 35.5. The molecule has 1 heterocycles. The van der Waals surface area contributed by atoms with Crippen LogP contribution in [-0.4, -0.2) is 23.0 Å². The van der Waals surface area contributed by atoms with Gasteiger partial charge < -0.3 is 10.6 Å². The predicted octanol–water partition coefficient (Wildman–Crippen LogP) is 2.06. The van der Waals surface area contributed by atoms with Crippen molar-refractivity contribution in [3.05, 3.63) is 23.4 Å². The van der Waals surface area contributed by atoms with Gasteiger partial charge in [-0.3, -0.25) is 4.79 Å². The van der Waals surface area contributed by atoms with Crippen LogP contribution in [0.15, 0.2) is 18.3 Å². The van der Waals surface area contributed by atoms with E-state index in [4.69, 9.17) is 11.6 Å². The first-order valence-electron chi connectivity index (χ1n) is 5.17. The SMILES string of the molecule is CC(C)NC(=O)C(C)Nc1ccc(Cl)cn1. The maximum atomic E-state index is 11.6. The minimum Gasteiger partial charge on any atom is -0.359 e. The van der Waals surface area contributed by atoms with E-state index in [1.54, 1.807) is 19.1 Å². The second kappa shape index (κ2) is 5.70. The molecule has 16 heavy (non-hydrogen) atoms. The molecule has 0 saturated carbocycles. The number of carbonyl (C=O) groups excluding carboxylic acids is 1. The van der Waals surface area contributed by atoms with Crippen molar-refractivity contribution in [3.8, 4) is 0 Å². The van der Waals surface area contributed by atoms with Crippen LogP contribution in [0.2, 0.25) is 5.02 Å². The molecule has 0 saturated heterocycles. The van der Waals surface area contributed by atoms with Gasteiger partial charge in [0, 0.05) is 12.2 Å². The number of rotatable bonds is 4. The van der Waals surface area contributed by atoms with Gasteiger partial charge in [-0.1, -0.05) is 11.6 Å². The zero-order chi connectivity index (χ0) is 12.1. The molecule has 0 aromatic carbocycles. The number of halogens is 1. The number of carbonyl (C=O) groups is 1. The highest BCUT2D eigenvalue weighted by Crippen LogP contribution is 2.10. The Morgan fingerprint density at radius 2 is 2.06 bits per heavy atom. The fourth-order valence-electron chi connectivity index (χ4n) is 1.16. The molecule has 0 spiro atoms. The molecular weight excluding hydrogens is 226 g/mol. The average Bonchev–Trinajstić information content (AvgIpc) is 2.20. The Morgan fingerprint density at radius 3 is 2.56 bits per heavy atom. The largest absolute Gasteiger partial charge is 0.359 e. The number of hydrogen-bond acceptors (Lipinski definition) is 3. The van der Waals surface area contributed by atoms with Crippen molar-refractivity contribution in [2.45, 2.75) is 32.9 Å². The van der Waals surface area contributed by atoms with Gasteiger partial charge in [-0.05, 0) is 32.9 Å². The van der Waals surface area contributed by atoms with Crippen LogP contribution in [0, 0.1) is 0 Å². The van der Waals surface area contributed by atoms with Crippen LogP contribution in [0.1, 0.15) is 20.8 Å². The van der Waals surface area contributed by atoms with Gasteiger partial charge in [0.1, 0.15) is 11.9 Å². The summed E-state index contributed by atoms with van der Waals surface area (Å²) >= 11 is 5.71. The third-order valence-electron chi connectivity index (χ3n) is 1.92. The summed E-state index contributed by atoms with van der Waals surface area (Å²) in [7, 11) is 0. The van der Waals surface area contributed by atoms with E-state index in [0.29, 0.717) is 10.8 Å². The molecule has 1 aromatic rings. The summed E-state index contributed by atoms with van der Waals surface area (Å²) in [4.78, 5) is 15.7. The van der Waals surface area contributed by atoms with Gasteiger partial charge in [0.05, 0.1) is 5.02 Å². The summed E-state index contributed by atoms with van der Waals surface area (Å²) in [6, 6.07) is 3.27. The van der Waals surface area contributed by atoms with Crippen LogP contribution in [0.4, 0.5) is 5.82 Å². The van der Waals surface area contributed by atoms with E-state index < -0.39 is 0 Å². The molecule has 0 radical (unpaired) electrons. The average molecular weight is 242 g/mol. The molecule has 1 unspecified atom stereocenters. The summed E-state index contributed by atoms with van der Waals surface area (Å²) < 4.78 is 0. The van der Waals surface area contributed by atoms with Gasteiger partial charge in [-0.15, -0.1) is 0 Å². The molecular formula is C11H16ClN3O. The van der Waals surface area contributed by atoms with Crippen molar-refractivity contribution in [1.82, 2.24) is 10.3 Å². The maximum Gasteiger partial charge on any atom is 0.242 e. The van der Waals surface area contributed by atoms with Crippen LogP contribution in [0.25, 0.3) is 0 Å². The molecule has 88 valence electrons. The number of amides is 1. The standard InChI is InChI=1S/C11H16ClN3O/c1-7(2)14-11(16)8(3)15-10-5-4-9(12)6-13-10/h4-8H,1-3H3,(H,13,15)(H,14,16). The monoisotopic (exact) mass is 241 g/mol. The van der Waals surface area contributed by atoms with E-state index in [0.717, 1.165) is 0 Å². The Morgan fingerprint density at radius 1 is 1.38 bits per heavy atom. The number of anilines is 1. The van der Waals surface area contributed by atoms with E-state index in [9.17, 15) is 4.79 Å². The Kier molecular flexibility index (Phi) is 4.55. The van der Waals surface area contributed by atoms with Crippen molar-refractivity contribution < 1.29 is 4.79 Å². The van der Waals surface area contributed by atoms with E-state index in [-0.39, 0.29) is 18.0 Å². The zero-order valence-corrected chi connectivity index (χ0v) is 10.4. The minimum atomic E-state index is -0.323. The van der Waals surface area contributed by atoms with Gasteiger partial charge >= 0.3 is 0 Å².